The molecule has 0 spiro atoms. The van der Waals surface area contributed by atoms with E-state index in [4.69, 9.17) is 0 Å². The number of hydrogen-bond donors (Lipinski definition) is 0. The molecule has 2 rings (SSSR count). The molecule has 112 valence electrons. The minimum absolute atomic E-state index is 0.150. The van der Waals surface area contributed by atoms with E-state index in [1.54, 1.807) is 0 Å². The van der Waals surface area contributed by atoms with Gasteiger partial charge in [0, 0.05) is 18.8 Å². The van der Waals surface area contributed by atoms with Crippen LogP contribution in [0.5, 0.6) is 0 Å². The standard InChI is InChI=1S/C16H21N3OS/c1-11-4-6-19(7-5-11)15(20)10-21-16-14(9-17)12(2)8-13(3)18-16/h8,11H,4-7,10H2,1-3H3. The Kier molecular flexibility index (Phi) is 5.24. The SMILES string of the molecule is Cc1cc(C)c(C#N)c(SCC(=O)N2CCC(C)CC2)n1. The Hall–Kier alpha value is -1.54. The van der Waals surface area contributed by atoms with Crippen molar-refractivity contribution in [2.24, 2.45) is 5.92 Å². The third-order valence-corrected chi connectivity index (χ3v) is 4.85. The zero-order valence-corrected chi connectivity index (χ0v) is 13.7. The Morgan fingerprint density at radius 1 is 1.48 bits per heavy atom. The van der Waals surface area contributed by atoms with Crippen LogP contribution in [-0.2, 0) is 4.79 Å². The molecule has 1 aliphatic rings. The van der Waals surface area contributed by atoms with Gasteiger partial charge in [-0.3, -0.25) is 4.79 Å². The van der Waals surface area contributed by atoms with Gasteiger partial charge in [0.05, 0.1) is 11.3 Å². The predicted molar refractivity (Wildman–Crippen MR) is 84.1 cm³/mol. The Morgan fingerprint density at radius 2 is 2.14 bits per heavy atom. The van der Waals surface area contributed by atoms with E-state index in [9.17, 15) is 10.1 Å². The van der Waals surface area contributed by atoms with Crippen LogP contribution in [-0.4, -0.2) is 34.6 Å². The number of pyridine rings is 1. The third-order valence-electron chi connectivity index (χ3n) is 3.89. The van der Waals surface area contributed by atoms with Crippen LogP contribution in [0.2, 0.25) is 0 Å². The highest BCUT2D eigenvalue weighted by atomic mass is 32.2. The van der Waals surface area contributed by atoms with E-state index < -0.39 is 0 Å². The second-order valence-corrected chi connectivity index (χ2v) is 6.69. The number of nitriles is 1. The smallest absolute Gasteiger partial charge is 0.232 e. The second-order valence-electron chi connectivity index (χ2n) is 5.72. The van der Waals surface area contributed by atoms with Gasteiger partial charge < -0.3 is 4.90 Å². The average Bonchev–Trinajstić information content (AvgIpc) is 2.45. The zero-order valence-electron chi connectivity index (χ0n) is 12.8. The van der Waals surface area contributed by atoms with E-state index in [1.165, 1.54) is 11.8 Å². The van der Waals surface area contributed by atoms with Crippen LogP contribution in [0.25, 0.3) is 0 Å². The molecule has 0 saturated carbocycles. The van der Waals surface area contributed by atoms with Crippen molar-refractivity contribution in [2.75, 3.05) is 18.8 Å². The van der Waals surface area contributed by atoms with Gasteiger partial charge in [0.2, 0.25) is 5.91 Å². The van der Waals surface area contributed by atoms with Gasteiger partial charge in [0.1, 0.15) is 11.1 Å². The van der Waals surface area contributed by atoms with Crippen molar-refractivity contribution in [1.82, 2.24) is 9.88 Å². The Labute approximate surface area is 130 Å². The van der Waals surface area contributed by atoms with Crippen LogP contribution >= 0.6 is 11.8 Å². The van der Waals surface area contributed by atoms with Crippen LogP contribution in [0.3, 0.4) is 0 Å². The van der Waals surface area contributed by atoms with E-state index in [0.29, 0.717) is 22.3 Å². The number of carbonyl (C=O) groups excluding carboxylic acids is 1. The lowest BCUT2D eigenvalue weighted by molar-refractivity contribution is -0.129. The number of aromatic nitrogens is 1. The summed E-state index contributed by atoms with van der Waals surface area (Å²) in [6.07, 6.45) is 2.17. The van der Waals surface area contributed by atoms with Gasteiger partial charge in [0.15, 0.2) is 0 Å². The molecule has 0 bridgehead atoms. The maximum Gasteiger partial charge on any atom is 0.232 e. The molecule has 0 N–H and O–H groups in total. The van der Waals surface area contributed by atoms with Gasteiger partial charge in [0.25, 0.3) is 0 Å². The molecule has 2 heterocycles. The lowest BCUT2D eigenvalue weighted by atomic mass is 9.99. The summed E-state index contributed by atoms with van der Waals surface area (Å²) in [6.45, 7) is 7.75. The minimum atomic E-state index is 0.150. The molecule has 1 saturated heterocycles. The Bertz CT molecular complexity index is 572. The highest BCUT2D eigenvalue weighted by molar-refractivity contribution is 8.00. The average molecular weight is 303 g/mol. The summed E-state index contributed by atoms with van der Waals surface area (Å²) < 4.78 is 0. The number of carbonyl (C=O) groups is 1. The first-order valence-corrected chi connectivity index (χ1v) is 8.28. The molecule has 0 unspecified atom stereocenters. The fraction of sp³-hybridized carbons (Fsp3) is 0.562. The molecule has 4 nitrogen and oxygen atoms in total. The van der Waals surface area contributed by atoms with E-state index in [1.807, 2.05) is 24.8 Å². The number of likely N-dealkylation sites (tertiary alicyclic amines) is 1. The van der Waals surface area contributed by atoms with Crippen LogP contribution < -0.4 is 0 Å². The summed E-state index contributed by atoms with van der Waals surface area (Å²) in [7, 11) is 0. The number of thioether (sulfide) groups is 1. The van der Waals surface area contributed by atoms with Crippen LogP contribution in [0.1, 0.15) is 36.6 Å². The molecule has 21 heavy (non-hydrogen) atoms. The van der Waals surface area contributed by atoms with Crippen LogP contribution in [0, 0.1) is 31.1 Å². The van der Waals surface area contributed by atoms with Crippen LogP contribution in [0.15, 0.2) is 11.1 Å². The molecule has 0 radical (unpaired) electrons. The molecule has 1 aliphatic heterocycles. The number of nitrogens with zero attached hydrogens (tertiary/aromatic N) is 3. The van der Waals surface area contributed by atoms with E-state index in [0.717, 1.165) is 37.2 Å². The number of piperidine rings is 1. The topological polar surface area (TPSA) is 57.0 Å². The van der Waals surface area contributed by atoms with Gasteiger partial charge in [-0.25, -0.2) is 4.98 Å². The summed E-state index contributed by atoms with van der Waals surface area (Å²) >= 11 is 1.38. The van der Waals surface area contributed by atoms with Crippen molar-refractivity contribution in [3.8, 4) is 6.07 Å². The molecular formula is C16H21N3OS. The fourth-order valence-electron chi connectivity index (χ4n) is 2.52. The van der Waals surface area contributed by atoms with Gasteiger partial charge in [-0.05, 0) is 44.2 Å². The summed E-state index contributed by atoms with van der Waals surface area (Å²) in [5.74, 6) is 1.23. The van der Waals surface area contributed by atoms with Gasteiger partial charge in [-0.1, -0.05) is 18.7 Å². The fourth-order valence-corrected chi connectivity index (χ4v) is 3.52. The lowest BCUT2D eigenvalue weighted by Crippen LogP contribution is -2.38. The van der Waals surface area contributed by atoms with Crippen LogP contribution in [0.4, 0.5) is 0 Å². The Morgan fingerprint density at radius 3 is 2.76 bits per heavy atom. The van der Waals surface area contributed by atoms with E-state index >= 15 is 0 Å². The van der Waals surface area contributed by atoms with Crippen molar-refractivity contribution in [3.63, 3.8) is 0 Å². The quantitative estimate of drug-likeness (QED) is 0.806. The first kappa shape index (κ1) is 15.8. The first-order chi connectivity index (χ1) is 10.0. The Balaban J connectivity index is 2.00. The number of aryl methyl sites for hydroxylation is 2. The predicted octanol–water partition coefficient (Wildman–Crippen LogP) is 2.92. The molecule has 1 amide bonds. The molecule has 1 aromatic heterocycles. The van der Waals surface area contributed by atoms with Crippen molar-refractivity contribution in [3.05, 3.63) is 22.9 Å². The molecular weight excluding hydrogens is 282 g/mol. The highest BCUT2D eigenvalue weighted by Crippen LogP contribution is 2.24. The number of hydrogen-bond acceptors (Lipinski definition) is 4. The summed E-state index contributed by atoms with van der Waals surface area (Å²) in [6, 6.07) is 4.09. The summed E-state index contributed by atoms with van der Waals surface area (Å²) in [4.78, 5) is 18.6. The highest BCUT2D eigenvalue weighted by Gasteiger charge is 2.21. The number of rotatable bonds is 3. The third kappa shape index (κ3) is 3.98. The zero-order chi connectivity index (χ0) is 15.4. The summed E-state index contributed by atoms with van der Waals surface area (Å²) in [5.41, 5.74) is 2.39. The minimum Gasteiger partial charge on any atom is -0.342 e. The van der Waals surface area contributed by atoms with E-state index in [-0.39, 0.29) is 5.91 Å². The van der Waals surface area contributed by atoms with Gasteiger partial charge >= 0.3 is 0 Å². The maximum absolute atomic E-state index is 12.2. The molecule has 0 atom stereocenters. The normalized spacial score (nSPS) is 15.8. The van der Waals surface area contributed by atoms with Crippen molar-refractivity contribution >= 4 is 17.7 Å². The molecule has 1 fully saturated rings. The monoisotopic (exact) mass is 303 g/mol. The van der Waals surface area contributed by atoms with Crippen molar-refractivity contribution in [1.29, 1.82) is 5.26 Å². The summed E-state index contributed by atoms with van der Waals surface area (Å²) in [5, 5.41) is 9.91. The van der Waals surface area contributed by atoms with E-state index in [2.05, 4.69) is 18.0 Å². The second kappa shape index (κ2) is 6.95. The molecule has 0 aliphatic carbocycles. The number of amides is 1. The lowest BCUT2D eigenvalue weighted by Gasteiger charge is -2.30. The van der Waals surface area contributed by atoms with Gasteiger partial charge in [-0.15, -0.1) is 0 Å². The molecule has 1 aromatic rings. The maximum atomic E-state index is 12.2. The van der Waals surface area contributed by atoms with Gasteiger partial charge in [-0.2, -0.15) is 5.26 Å². The largest absolute Gasteiger partial charge is 0.342 e. The van der Waals surface area contributed by atoms with Crippen molar-refractivity contribution < 1.29 is 4.79 Å². The molecule has 0 aromatic carbocycles. The molecule has 5 heteroatoms. The first-order valence-electron chi connectivity index (χ1n) is 7.30. The van der Waals surface area contributed by atoms with Crippen molar-refractivity contribution in [2.45, 2.75) is 38.6 Å².